The second-order valence-corrected chi connectivity index (χ2v) is 3.46. The van der Waals surface area contributed by atoms with Gasteiger partial charge in [-0.15, -0.1) is 11.3 Å². The maximum atomic E-state index is 10.9. The topological polar surface area (TPSA) is 26.3 Å². The fourth-order valence-electron chi connectivity index (χ4n) is 0.861. The smallest absolute Gasteiger partial charge is 0.330 e. The predicted octanol–water partition coefficient (Wildman–Crippen LogP) is 2.88. The lowest BCUT2D eigenvalue weighted by Gasteiger charge is -1.92. The van der Waals surface area contributed by atoms with Gasteiger partial charge in [0, 0.05) is 11.0 Å². The molecule has 0 N–H and O–H groups in total. The van der Waals surface area contributed by atoms with E-state index in [1.54, 1.807) is 24.3 Å². The number of carbonyl (C=O) groups excluding carboxylic acids is 1. The Balaban J connectivity index is 2.36. The first kappa shape index (κ1) is 10.7. The van der Waals surface area contributed by atoms with Crippen molar-refractivity contribution in [1.29, 1.82) is 0 Å². The van der Waals surface area contributed by atoms with Crippen molar-refractivity contribution in [2.75, 3.05) is 6.61 Å². The van der Waals surface area contributed by atoms with E-state index < -0.39 is 0 Å². The first-order valence-electron chi connectivity index (χ1n) is 4.38. The molecule has 0 aliphatic heterocycles. The van der Waals surface area contributed by atoms with Crippen LogP contribution in [0.1, 0.15) is 11.8 Å². The minimum atomic E-state index is -0.302. The Morgan fingerprint density at radius 3 is 3.07 bits per heavy atom. The van der Waals surface area contributed by atoms with Gasteiger partial charge in [-0.05, 0) is 24.4 Å². The van der Waals surface area contributed by atoms with E-state index in [1.807, 2.05) is 29.7 Å². The maximum absolute atomic E-state index is 10.9. The van der Waals surface area contributed by atoms with Crippen molar-refractivity contribution in [3.8, 4) is 0 Å². The molecular formula is C11H12O2S. The van der Waals surface area contributed by atoms with Gasteiger partial charge in [0.15, 0.2) is 0 Å². The molecule has 0 bridgehead atoms. The number of carbonyl (C=O) groups is 1. The van der Waals surface area contributed by atoms with Gasteiger partial charge in [-0.2, -0.15) is 0 Å². The van der Waals surface area contributed by atoms with Gasteiger partial charge in [-0.3, -0.25) is 0 Å². The third-order valence-electron chi connectivity index (χ3n) is 1.43. The van der Waals surface area contributed by atoms with Crippen LogP contribution >= 0.6 is 11.3 Å². The Morgan fingerprint density at radius 1 is 1.57 bits per heavy atom. The van der Waals surface area contributed by atoms with E-state index in [4.69, 9.17) is 4.74 Å². The highest BCUT2D eigenvalue weighted by Gasteiger charge is 1.90. The van der Waals surface area contributed by atoms with Gasteiger partial charge < -0.3 is 4.74 Å². The quantitative estimate of drug-likeness (QED) is 0.432. The van der Waals surface area contributed by atoms with Crippen molar-refractivity contribution < 1.29 is 9.53 Å². The van der Waals surface area contributed by atoms with Gasteiger partial charge in [0.25, 0.3) is 0 Å². The van der Waals surface area contributed by atoms with Gasteiger partial charge in [0.05, 0.1) is 6.61 Å². The minimum absolute atomic E-state index is 0.302. The van der Waals surface area contributed by atoms with Crippen LogP contribution in [0.3, 0.4) is 0 Å². The Labute approximate surface area is 87.5 Å². The maximum Gasteiger partial charge on any atom is 0.330 e. The van der Waals surface area contributed by atoms with Crippen LogP contribution in [0.5, 0.6) is 0 Å². The zero-order chi connectivity index (χ0) is 10.2. The molecule has 2 nitrogen and oxygen atoms in total. The molecular weight excluding hydrogens is 196 g/mol. The van der Waals surface area contributed by atoms with Crippen LogP contribution in [-0.2, 0) is 9.53 Å². The number of thiophene rings is 1. The summed E-state index contributed by atoms with van der Waals surface area (Å²) in [5.74, 6) is -0.302. The molecule has 1 aromatic heterocycles. The lowest BCUT2D eigenvalue weighted by Crippen LogP contribution is -1.98. The standard InChI is InChI=1S/C11H12O2S/c1-2-13-11(12)8-4-3-6-10-7-5-9-14-10/h3-9H,2H2,1H3/b6-3+,8-4+. The molecule has 0 radical (unpaired) electrons. The molecule has 1 rings (SSSR count). The van der Waals surface area contributed by atoms with Gasteiger partial charge >= 0.3 is 5.97 Å². The van der Waals surface area contributed by atoms with E-state index in [0.29, 0.717) is 6.61 Å². The fourth-order valence-corrected chi connectivity index (χ4v) is 1.49. The highest BCUT2D eigenvalue weighted by molar-refractivity contribution is 7.10. The van der Waals surface area contributed by atoms with Crippen LogP contribution in [0.2, 0.25) is 0 Å². The molecule has 0 aliphatic rings. The van der Waals surface area contributed by atoms with Gasteiger partial charge in [-0.1, -0.05) is 18.2 Å². The van der Waals surface area contributed by atoms with Crippen LogP contribution < -0.4 is 0 Å². The van der Waals surface area contributed by atoms with E-state index in [2.05, 4.69) is 0 Å². The van der Waals surface area contributed by atoms with Crippen LogP contribution in [0.4, 0.5) is 0 Å². The van der Waals surface area contributed by atoms with Gasteiger partial charge in [-0.25, -0.2) is 4.79 Å². The minimum Gasteiger partial charge on any atom is -0.463 e. The summed E-state index contributed by atoms with van der Waals surface area (Å²) >= 11 is 1.66. The molecule has 0 amide bonds. The van der Waals surface area contributed by atoms with Gasteiger partial charge in [0.2, 0.25) is 0 Å². The highest BCUT2D eigenvalue weighted by Crippen LogP contribution is 2.09. The van der Waals surface area contributed by atoms with Crippen molar-refractivity contribution in [3.05, 3.63) is 40.6 Å². The fraction of sp³-hybridized carbons (Fsp3) is 0.182. The number of hydrogen-bond donors (Lipinski definition) is 0. The van der Waals surface area contributed by atoms with Crippen molar-refractivity contribution in [3.63, 3.8) is 0 Å². The summed E-state index contributed by atoms with van der Waals surface area (Å²) in [4.78, 5) is 12.0. The lowest BCUT2D eigenvalue weighted by molar-refractivity contribution is -0.137. The molecule has 0 saturated carbocycles. The third kappa shape index (κ3) is 4.05. The molecule has 3 heteroatoms. The average Bonchev–Trinajstić information content (AvgIpc) is 2.65. The molecule has 0 fully saturated rings. The molecule has 0 aromatic carbocycles. The first-order chi connectivity index (χ1) is 6.83. The van der Waals surface area contributed by atoms with E-state index in [9.17, 15) is 4.79 Å². The molecule has 74 valence electrons. The second-order valence-electron chi connectivity index (χ2n) is 2.49. The Kier molecular flexibility index (Phi) is 4.72. The summed E-state index contributed by atoms with van der Waals surface area (Å²) in [5.41, 5.74) is 0. The first-order valence-corrected chi connectivity index (χ1v) is 5.26. The molecule has 0 aliphatic carbocycles. The van der Waals surface area contributed by atoms with Crippen LogP contribution in [0.25, 0.3) is 6.08 Å². The predicted molar refractivity (Wildman–Crippen MR) is 59.1 cm³/mol. The highest BCUT2D eigenvalue weighted by atomic mass is 32.1. The third-order valence-corrected chi connectivity index (χ3v) is 2.27. The molecule has 0 spiro atoms. The molecule has 0 atom stereocenters. The summed E-state index contributed by atoms with van der Waals surface area (Å²) < 4.78 is 4.72. The summed E-state index contributed by atoms with van der Waals surface area (Å²) in [6, 6.07) is 4.00. The van der Waals surface area contributed by atoms with Crippen molar-refractivity contribution in [2.45, 2.75) is 6.92 Å². The summed E-state index contributed by atoms with van der Waals surface area (Å²) in [7, 11) is 0. The van der Waals surface area contributed by atoms with Crippen molar-refractivity contribution in [1.82, 2.24) is 0 Å². The summed E-state index contributed by atoms with van der Waals surface area (Å²) in [6.45, 7) is 2.20. The van der Waals surface area contributed by atoms with Crippen LogP contribution in [-0.4, -0.2) is 12.6 Å². The zero-order valence-electron chi connectivity index (χ0n) is 7.97. The van der Waals surface area contributed by atoms with E-state index in [0.717, 1.165) is 0 Å². The Morgan fingerprint density at radius 2 is 2.43 bits per heavy atom. The number of hydrogen-bond acceptors (Lipinski definition) is 3. The zero-order valence-corrected chi connectivity index (χ0v) is 8.79. The van der Waals surface area contributed by atoms with Crippen LogP contribution in [0, 0.1) is 0 Å². The number of esters is 1. The molecule has 1 heterocycles. The average molecular weight is 208 g/mol. The molecule has 0 unspecified atom stereocenters. The summed E-state index contributed by atoms with van der Waals surface area (Å²) in [6.07, 6.45) is 6.86. The Hall–Kier alpha value is -1.35. The molecule has 1 aromatic rings. The molecule has 14 heavy (non-hydrogen) atoms. The van der Waals surface area contributed by atoms with E-state index >= 15 is 0 Å². The molecule has 0 saturated heterocycles. The number of ether oxygens (including phenoxy) is 1. The lowest BCUT2D eigenvalue weighted by atomic mass is 10.4. The van der Waals surface area contributed by atoms with Crippen molar-refractivity contribution in [2.24, 2.45) is 0 Å². The van der Waals surface area contributed by atoms with E-state index in [1.165, 1.54) is 11.0 Å². The van der Waals surface area contributed by atoms with Crippen molar-refractivity contribution >= 4 is 23.4 Å². The Bertz CT molecular complexity index is 323. The number of allylic oxidation sites excluding steroid dienone is 2. The number of rotatable bonds is 4. The summed E-state index contributed by atoms with van der Waals surface area (Å²) in [5, 5.41) is 2.01. The second kappa shape index (κ2) is 6.16. The van der Waals surface area contributed by atoms with Gasteiger partial charge in [0.1, 0.15) is 0 Å². The monoisotopic (exact) mass is 208 g/mol. The SMILES string of the molecule is CCOC(=O)/C=C/C=C/c1cccs1. The van der Waals surface area contributed by atoms with Crippen LogP contribution in [0.15, 0.2) is 35.7 Å². The largest absolute Gasteiger partial charge is 0.463 e. The normalized spacial score (nSPS) is 11.2. The van der Waals surface area contributed by atoms with E-state index in [-0.39, 0.29) is 5.97 Å².